The molecule has 0 radical (unpaired) electrons. The fraction of sp³-hybridized carbons (Fsp3) is 0.0612. The summed E-state index contributed by atoms with van der Waals surface area (Å²) in [7, 11) is -3.11. The Bertz CT molecular complexity index is 2770. The van der Waals surface area contributed by atoms with Gasteiger partial charge in [0.15, 0.2) is 7.14 Å². The second-order valence-corrected chi connectivity index (χ2v) is 17.2. The smallest absolute Gasteiger partial charge is 0.171 e. The van der Waals surface area contributed by atoms with Crippen LogP contribution in [0.25, 0.3) is 65.3 Å². The molecule has 1 nitrogen and oxygen atoms in total. The van der Waals surface area contributed by atoms with Crippen LogP contribution in [0.5, 0.6) is 0 Å². The van der Waals surface area contributed by atoms with Crippen molar-refractivity contribution in [3.05, 3.63) is 187 Å². The zero-order valence-electron chi connectivity index (χ0n) is 28.6. The predicted molar refractivity (Wildman–Crippen MR) is 219 cm³/mol. The summed E-state index contributed by atoms with van der Waals surface area (Å²) in [6.45, 7) is 4.65. The van der Waals surface area contributed by atoms with Crippen LogP contribution in [0.2, 0.25) is 0 Å². The van der Waals surface area contributed by atoms with Crippen LogP contribution >= 0.6 is 7.14 Å². The van der Waals surface area contributed by atoms with Gasteiger partial charge in [0, 0.05) is 21.3 Å². The van der Waals surface area contributed by atoms with Gasteiger partial charge in [-0.1, -0.05) is 172 Å². The number of hydrogen-bond donors (Lipinski definition) is 0. The number of fused-ring (bicyclic) bond motifs is 9. The molecule has 0 N–H and O–H groups in total. The van der Waals surface area contributed by atoms with Crippen molar-refractivity contribution < 1.29 is 4.57 Å². The third-order valence-electron chi connectivity index (χ3n) is 11.3. The molecule has 9 aromatic carbocycles. The molecule has 51 heavy (non-hydrogen) atoms. The zero-order valence-corrected chi connectivity index (χ0v) is 29.5. The van der Waals surface area contributed by atoms with Crippen LogP contribution in [0.1, 0.15) is 25.0 Å². The van der Waals surface area contributed by atoms with Gasteiger partial charge in [0.2, 0.25) is 0 Å². The Labute approximate surface area is 298 Å². The Morgan fingerprint density at radius 1 is 0.392 bits per heavy atom. The molecule has 0 aromatic heterocycles. The first-order chi connectivity index (χ1) is 24.9. The van der Waals surface area contributed by atoms with E-state index in [0.29, 0.717) is 0 Å². The normalized spacial score (nSPS) is 13.5. The summed E-state index contributed by atoms with van der Waals surface area (Å²) in [6, 6.07) is 62.6. The number of hydrogen-bond acceptors (Lipinski definition) is 1. The summed E-state index contributed by atoms with van der Waals surface area (Å²) >= 11 is 0. The maximum absolute atomic E-state index is 15.4. The first-order valence-corrected chi connectivity index (χ1v) is 19.4. The second-order valence-electron chi connectivity index (χ2n) is 14.4. The average Bonchev–Trinajstić information content (AvgIpc) is 3.42. The van der Waals surface area contributed by atoms with Crippen molar-refractivity contribution in [1.82, 2.24) is 0 Å². The molecule has 0 heterocycles. The monoisotopic (exact) mass is 670 g/mol. The van der Waals surface area contributed by atoms with Crippen LogP contribution in [0.3, 0.4) is 0 Å². The Morgan fingerprint density at radius 3 is 1.45 bits per heavy atom. The number of rotatable bonds is 4. The van der Waals surface area contributed by atoms with E-state index in [9.17, 15) is 0 Å². The van der Waals surface area contributed by atoms with E-state index in [0.717, 1.165) is 15.9 Å². The summed E-state index contributed by atoms with van der Waals surface area (Å²) in [5.41, 5.74) is 7.18. The Morgan fingerprint density at radius 2 is 0.882 bits per heavy atom. The van der Waals surface area contributed by atoms with E-state index in [4.69, 9.17) is 0 Å². The van der Waals surface area contributed by atoms with Gasteiger partial charge in [-0.2, -0.15) is 0 Å². The molecule has 0 amide bonds. The van der Waals surface area contributed by atoms with Gasteiger partial charge in [0.05, 0.1) is 0 Å². The van der Waals surface area contributed by atoms with E-state index in [1.807, 2.05) is 60.7 Å². The minimum Gasteiger partial charge on any atom is -0.309 e. The van der Waals surface area contributed by atoms with Gasteiger partial charge in [-0.05, 0) is 94.7 Å². The topological polar surface area (TPSA) is 17.1 Å². The molecule has 2 heteroatoms. The molecule has 0 atom stereocenters. The minimum atomic E-state index is -3.11. The first kappa shape index (κ1) is 30.1. The van der Waals surface area contributed by atoms with Crippen molar-refractivity contribution in [1.29, 1.82) is 0 Å². The van der Waals surface area contributed by atoms with Crippen LogP contribution in [-0.4, -0.2) is 0 Å². The summed E-state index contributed by atoms with van der Waals surface area (Å²) in [6.07, 6.45) is 0. The summed E-state index contributed by atoms with van der Waals surface area (Å²) in [5.74, 6) is 0. The molecule has 0 spiro atoms. The van der Waals surface area contributed by atoms with Crippen LogP contribution < -0.4 is 15.9 Å². The van der Waals surface area contributed by atoms with E-state index >= 15 is 4.57 Å². The summed E-state index contributed by atoms with van der Waals surface area (Å²) < 4.78 is 15.4. The minimum absolute atomic E-state index is 0.297. The average molecular weight is 671 g/mol. The van der Waals surface area contributed by atoms with E-state index < -0.39 is 7.14 Å². The lowest BCUT2D eigenvalue weighted by Gasteiger charge is -2.25. The molecular formula is C49H35OP. The number of benzene rings is 9. The largest absolute Gasteiger partial charge is 0.309 e. The Hall–Kier alpha value is -5.75. The fourth-order valence-corrected chi connectivity index (χ4v) is 11.4. The van der Waals surface area contributed by atoms with Crippen molar-refractivity contribution >= 4 is 66.1 Å². The van der Waals surface area contributed by atoms with E-state index in [2.05, 4.69) is 129 Å². The molecule has 1 aliphatic rings. The lowest BCUT2D eigenvalue weighted by atomic mass is 9.80. The van der Waals surface area contributed by atoms with Crippen molar-refractivity contribution in [2.24, 2.45) is 0 Å². The molecule has 1 aliphatic carbocycles. The highest BCUT2D eigenvalue weighted by atomic mass is 31.2. The van der Waals surface area contributed by atoms with Gasteiger partial charge < -0.3 is 4.57 Å². The molecule has 0 aliphatic heterocycles. The van der Waals surface area contributed by atoms with Crippen molar-refractivity contribution in [2.45, 2.75) is 19.3 Å². The Kier molecular flexibility index (Phi) is 6.57. The molecule has 242 valence electrons. The standard InChI is InChI=1S/C49H35OP/c1-49(2)46-29-34(48-42-26-21-32-13-9-11-19-38(32)44(42)31-45-39-20-12-10-14-33(39)22-27-43(45)48)23-25-40(46)41-28-24-37(30-47(41)49)51(50,35-15-5-3-6-16-35)36-17-7-4-8-18-36/h3-31H,1-2H3. The highest BCUT2D eigenvalue weighted by Gasteiger charge is 2.38. The van der Waals surface area contributed by atoms with E-state index in [1.165, 1.54) is 76.5 Å². The van der Waals surface area contributed by atoms with Crippen molar-refractivity contribution in [2.75, 3.05) is 0 Å². The van der Waals surface area contributed by atoms with Gasteiger partial charge >= 0.3 is 0 Å². The predicted octanol–water partition coefficient (Wildman–Crippen LogP) is 11.9. The molecule has 0 fully saturated rings. The SMILES string of the molecule is CC1(C)c2cc(-c3c4ccc5ccccc5c4cc4c3ccc3ccccc34)ccc2-c2ccc(P(=O)(c3ccccc3)c3ccccc3)cc21. The Balaban J connectivity index is 1.19. The van der Waals surface area contributed by atoms with Crippen LogP contribution in [0.4, 0.5) is 0 Å². The summed E-state index contributed by atoms with van der Waals surface area (Å²) in [5, 5.41) is 12.7. The molecular weight excluding hydrogens is 636 g/mol. The molecule has 0 saturated carbocycles. The third kappa shape index (κ3) is 4.38. The van der Waals surface area contributed by atoms with Gasteiger partial charge in [-0.25, -0.2) is 0 Å². The van der Waals surface area contributed by atoms with Gasteiger partial charge in [-0.15, -0.1) is 0 Å². The van der Waals surface area contributed by atoms with Gasteiger partial charge in [0.1, 0.15) is 0 Å². The molecule has 0 saturated heterocycles. The fourth-order valence-electron chi connectivity index (χ4n) is 8.74. The maximum Gasteiger partial charge on any atom is 0.171 e. The van der Waals surface area contributed by atoms with Crippen molar-refractivity contribution in [3.8, 4) is 22.3 Å². The quantitative estimate of drug-likeness (QED) is 0.103. The second kappa shape index (κ2) is 11.1. The highest BCUT2D eigenvalue weighted by Crippen LogP contribution is 2.52. The molecule has 9 aromatic rings. The molecule has 0 unspecified atom stereocenters. The zero-order chi connectivity index (χ0) is 34.3. The first-order valence-electron chi connectivity index (χ1n) is 17.7. The van der Waals surface area contributed by atoms with Crippen LogP contribution in [0.15, 0.2) is 176 Å². The van der Waals surface area contributed by atoms with E-state index in [1.54, 1.807) is 0 Å². The van der Waals surface area contributed by atoms with Crippen molar-refractivity contribution in [3.63, 3.8) is 0 Å². The molecule has 0 bridgehead atoms. The van der Waals surface area contributed by atoms with Gasteiger partial charge in [-0.3, -0.25) is 0 Å². The van der Waals surface area contributed by atoms with Crippen LogP contribution in [-0.2, 0) is 9.98 Å². The lowest BCUT2D eigenvalue weighted by molar-refractivity contribution is 0.592. The molecule has 10 rings (SSSR count). The van der Waals surface area contributed by atoms with E-state index in [-0.39, 0.29) is 5.41 Å². The maximum atomic E-state index is 15.4. The van der Waals surface area contributed by atoms with Crippen LogP contribution in [0, 0.1) is 0 Å². The lowest BCUT2D eigenvalue weighted by Crippen LogP contribution is -2.26. The summed E-state index contributed by atoms with van der Waals surface area (Å²) in [4.78, 5) is 0. The van der Waals surface area contributed by atoms with Gasteiger partial charge in [0.25, 0.3) is 0 Å². The highest BCUT2D eigenvalue weighted by molar-refractivity contribution is 7.85. The third-order valence-corrected chi connectivity index (χ3v) is 14.4.